The molecule has 22 heavy (non-hydrogen) atoms. The van der Waals surface area contributed by atoms with Crippen LogP contribution in [0.15, 0.2) is 24.3 Å². The van der Waals surface area contributed by atoms with Gasteiger partial charge < -0.3 is 19.1 Å². The summed E-state index contributed by atoms with van der Waals surface area (Å²) in [6, 6.07) is 8.16. The number of aliphatic hydroxyl groups excluding tert-OH is 1. The molecule has 0 amide bonds. The summed E-state index contributed by atoms with van der Waals surface area (Å²) < 4.78 is 12.0. The number of benzene rings is 1. The minimum atomic E-state index is -0.453. The molecule has 0 aliphatic carbocycles. The third-order valence-corrected chi connectivity index (χ3v) is 4.37. The van der Waals surface area contributed by atoms with Crippen molar-refractivity contribution in [3.05, 3.63) is 29.8 Å². The molecular formula is C18H30NO3+. The highest BCUT2D eigenvalue weighted by Gasteiger charge is 2.28. The van der Waals surface area contributed by atoms with Gasteiger partial charge in [0.2, 0.25) is 0 Å². The van der Waals surface area contributed by atoms with Gasteiger partial charge in [0.25, 0.3) is 0 Å². The monoisotopic (exact) mass is 308 g/mol. The van der Waals surface area contributed by atoms with E-state index in [1.54, 1.807) is 0 Å². The molecule has 0 aromatic heterocycles. The molecule has 1 saturated heterocycles. The predicted molar refractivity (Wildman–Crippen MR) is 88.2 cm³/mol. The third kappa shape index (κ3) is 4.97. The van der Waals surface area contributed by atoms with Gasteiger partial charge in [0.05, 0.1) is 20.3 Å². The molecule has 2 rings (SSSR count). The molecule has 0 spiro atoms. The minimum Gasteiger partial charge on any atom is -0.491 e. The van der Waals surface area contributed by atoms with Crippen LogP contribution in [0, 0.1) is 0 Å². The molecule has 4 heteroatoms. The number of ether oxygens (including phenoxy) is 2. The standard InChI is InChI=1S/C18H30NO3/c1-18(2,3)15-5-7-17(8-6-15)22-14-16(20)13-19(4)9-11-21-12-10-19/h5-8,16,20H,9-14H2,1-4H3/q+1/t16-/m0/s1. The Morgan fingerprint density at radius 3 is 2.32 bits per heavy atom. The second-order valence-corrected chi connectivity index (χ2v) is 7.60. The van der Waals surface area contributed by atoms with E-state index in [-0.39, 0.29) is 5.41 Å². The van der Waals surface area contributed by atoms with Crippen LogP contribution >= 0.6 is 0 Å². The highest BCUT2D eigenvalue weighted by atomic mass is 16.5. The smallest absolute Gasteiger partial charge is 0.137 e. The average Bonchev–Trinajstić information content (AvgIpc) is 2.45. The number of quaternary nitrogens is 1. The topological polar surface area (TPSA) is 38.7 Å². The zero-order valence-electron chi connectivity index (χ0n) is 14.3. The Bertz CT molecular complexity index is 458. The zero-order valence-corrected chi connectivity index (χ0v) is 14.3. The number of hydrogen-bond acceptors (Lipinski definition) is 3. The summed E-state index contributed by atoms with van der Waals surface area (Å²) in [5, 5.41) is 10.2. The van der Waals surface area contributed by atoms with E-state index >= 15 is 0 Å². The van der Waals surface area contributed by atoms with Crippen molar-refractivity contribution >= 4 is 0 Å². The molecule has 1 aromatic rings. The van der Waals surface area contributed by atoms with E-state index in [9.17, 15) is 5.11 Å². The number of aliphatic hydroxyl groups is 1. The van der Waals surface area contributed by atoms with E-state index in [1.807, 2.05) is 12.1 Å². The van der Waals surface area contributed by atoms with E-state index in [0.717, 1.165) is 36.5 Å². The van der Waals surface area contributed by atoms with Gasteiger partial charge in [0, 0.05) is 0 Å². The van der Waals surface area contributed by atoms with Crippen molar-refractivity contribution in [3.8, 4) is 5.75 Å². The van der Waals surface area contributed by atoms with E-state index in [1.165, 1.54) is 5.56 Å². The summed E-state index contributed by atoms with van der Waals surface area (Å²) in [5.41, 5.74) is 1.43. The van der Waals surface area contributed by atoms with E-state index in [2.05, 4.69) is 40.0 Å². The summed E-state index contributed by atoms with van der Waals surface area (Å²) in [5.74, 6) is 0.816. The predicted octanol–water partition coefficient (Wildman–Crippen LogP) is 2.20. The molecule has 4 nitrogen and oxygen atoms in total. The van der Waals surface area contributed by atoms with Crippen molar-refractivity contribution in [2.24, 2.45) is 0 Å². The lowest BCUT2D eigenvalue weighted by Gasteiger charge is -2.38. The maximum Gasteiger partial charge on any atom is 0.137 e. The van der Waals surface area contributed by atoms with Crippen molar-refractivity contribution in [2.75, 3.05) is 46.5 Å². The van der Waals surface area contributed by atoms with Gasteiger partial charge in [-0.05, 0) is 23.1 Å². The Balaban J connectivity index is 1.82. The third-order valence-electron chi connectivity index (χ3n) is 4.37. The Hall–Kier alpha value is -1.10. The lowest BCUT2D eigenvalue weighted by molar-refractivity contribution is -0.919. The van der Waals surface area contributed by atoms with Crippen LogP contribution in [0.1, 0.15) is 26.3 Å². The Labute approximate surface area is 134 Å². The van der Waals surface area contributed by atoms with Crippen molar-refractivity contribution in [2.45, 2.75) is 32.3 Å². The molecule has 0 bridgehead atoms. The number of morpholine rings is 1. The second-order valence-electron chi connectivity index (χ2n) is 7.60. The largest absolute Gasteiger partial charge is 0.491 e. The molecule has 1 heterocycles. The molecule has 0 saturated carbocycles. The number of likely N-dealkylation sites (N-methyl/N-ethyl adjacent to an activating group) is 1. The van der Waals surface area contributed by atoms with Crippen LogP contribution in [-0.4, -0.2) is 62.2 Å². The molecule has 1 aliphatic rings. The summed E-state index contributed by atoms with van der Waals surface area (Å²) in [7, 11) is 2.17. The van der Waals surface area contributed by atoms with Gasteiger partial charge in [-0.2, -0.15) is 0 Å². The maximum atomic E-state index is 10.2. The van der Waals surface area contributed by atoms with Crippen LogP contribution in [0.3, 0.4) is 0 Å². The van der Waals surface area contributed by atoms with Gasteiger partial charge in [-0.3, -0.25) is 0 Å². The maximum absolute atomic E-state index is 10.2. The van der Waals surface area contributed by atoms with Crippen LogP contribution in [0.5, 0.6) is 5.75 Å². The molecule has 1 aromatic carbocycles. The fourth-order valence-electron chi connectivity index (χ4n) is 2.77. The van der Waals surface area contributed by atoms with Crippen LogP contribution < -0.4 is 4.74 Å². The summed E-state index contributed by atoms with van der Waals surface area (Å²) in [4.78, 5) is 0. The highest BCUT2D eigenvalue weighted by Crippen LogP contribution is 2.24. The molecule has 1 aliphatic heterocycles. The van der Waals surface area contributed by atoms with Crippen LogP contribution in [0.4, 0.5) is 0 Å². The van der Waals surface area contributed by atoms with E-state index < -0.39 is 6.10 Å². The van der Waals surface area contributed by atoms with Crippen LogP contribution in [0.2, 0.25) is 0 Å². The lowest BCUT2D eigenvalue weighted by atomic mass is 9.87. The average molecular weight is 308 g/mol. The zero-order chi connectivity index (χ0) is 16.2. The van der Waals surface area contributed by atoms with Crippen molar-refractivity contribution in [1.29, 1.82) is 0 Å². The quantitative estimate of drug-likeness (QED) is 0.848. The number of nitrogens with zero attached hydrogens (tertiary/aromatic N) is 1. The van der Waals surface area contributed by atoms with Gasteiger partial charge in [0.15, 0.2) is 0 Å². The Morgan fingerprint density at radius 2 is 1.77 bits per heavy atom. The molecule has 124 valence electrons. The molecular weight excluding hydrogens is 278 g/mol. The first kappa shape index (κ1) is 17.3. The number of hydrogen-bond donors (Lipinski definition) is 1. The van der Waals surface area contributed by atoms with Crippen molar-refractivity contribution in [1.82, 2.24) is 0 Å². The van der Waals surface area contributed by atoms with Gasteiger partial charge in [0.1, 0.15) is 38.1 Å². The Kier molecular flexibility index (Phi) is 5.48. The van der Waals surface area contributed by atoms with E-state index in [4.69, 9.17) is 9.47 Å². The first-order valence-electron chi connectivity index (χ1n) is 8.11. The number of rotatable bonds is 5. The fraction of sp³-hybridized carbons (Fsp3) is 0.667. The minimum absolute atomic E-state index is 0.146. The normalized spacial score (nSPS) is 19.7. The van der Waals surface area contributed by atoms with Gasteiger partial charge in [-0.1, -0.05) is 32.9 Å². The first-order chi connectivity index (χ1) is 10.3. The summed E-state index contributed by atoms with van der Waals surface area (Å²) in [6.07, 6.45) is -0.453. The molecule has 0 radical (unpaired) electrons. The first-order valence-corrected chi connectivity index (χ1v) is 8.11. The highest BCUT2D eigenvalue weighted by molar-refractivity contribution is 5.31. The second kappa shape index (κ2) is 6.99. The summed E-state index contributed by atoms with van der Waals surface area (Å²) in [6.45, 7) is 11.1. The van der Waals surface area contributed by atoms with Crippen LogP contribution in [-0.2, 0) is 10.2 Å². The lowest BCUT2D eigenvalue weighted by Crippen LogP contribution is -2.56. The van der Waals surface area contributed by atoms with Crippen molar-refractivity contribution < 1.29 is 19.1 Å². The van der Waals surface area contributed by atoms with Gasteiger partial charge in [-0.15, -0.1) is 0 Å². The molecule has 0 unspecified atom stereocenters. The van der Waals surface area contributed by atoms with E-state index in [0.29, 0.717) is 13.2 Å². The van der Waals surface area contributed by atoms with Gasteiger partial charge >= 0.3 is 0 Å². The fourth-order valence-corrected chi connectivity index (χ4v) is 2.77. The Morgan fingerprint density at radius 1 is 1.18 bits per heavy atom. The summed E-state index contributed by atoms with van der Waals surface area (Å²) >= 11 is 0. The molecule has 1 fully saturated rings. The van der Waals surface area contributed by atoms with Crippen molar-refractivity contribution in [3.63, 3.8) is 0 Å². The van der Waals surface area contributed by atoms with Gasteiger partial charge in [-0.25, -0.2) is 0 Å². The SMILES string of the molecule is CC(C)(C)c1ccc(OC[C@@H](O)C[N+]2(C)CCOCC2)cc1. The molecule has 1 atom stereocenters. The van der Waals surface area contributed by atoms with Crippen LogP contribution in [0.25, 0.3) is 0 Å². The molecule has 1 N–H and O–H groups in total.